The van der Waals surface area contributed by atoms with Gasteiger partial charge in [0, 0.05) is 13.1 Å². The Morgan fingerprint density at radius 1 is 1.52 bits per heavy atom. The number of carboxylic acids is 1. The van der Waals surface area contributed by atoms with Crippen LogP contribution in [0.15, 0.2) is 0 Å². The average Bonchev–Trinajstić information content (AvgIpc) is 2.64. The van der Waals surface area contributed by atoms with Crippen molar-refractivity contribution in [1.82, 2.24) is 9.78 Å². The Morgan fingerprint density at radius 2 is 2.14 bits per heavy atom. The molecule has 0 atom stereocenters. The molecule has 21 heavy (non-hydrogen) atoms. The molecule has 0 aromatic carbocycles. The first-order chi connectivity index (χ1) is 9.77. The van der Waals surface area contributed by atoms with Crippen LogP contribution < -0.4 is 4.90 Å². The Labute approximate surface area is 123 Å². The minimum absolute atomic E-state index is 0.106. The van der Waals surface area contributed by atoms with Gasteiger partial charge in [0.25, 0.3) is 0 Å². The SMILES string of the molecule is CCCn1nc(C)c([N+](=O)[O-])c1N(CC(=O)O)CC(C)C. The normalized spacial score (nSPS) is 10.9. The van der Waals surface area contributed by atoms with Crippen LogP contribution in [-0.4, -0.2) is 38.9 Å². The standard InChI is InChI=1S/C13H22N4O4/c1-5-6-16-13(12(17(20)21)10(4)14-16)15(7-9(2)3)8-11(18)19/h9H,5-8H2,1-4H3,(H,18,19). The summed E-state index contributed by atoms with van der Waals surface area (Å²) in [5, 5.41) is 24.6. The van der Waals surface area contributed by atoms with E-state index >= 15 is 0 Å². The lowest BCUT2D eigenvalue weighted by Gasteiger charge is -2.24. The highest BCUT2D eigenvalue weighted by atomic mass is 16.6. The molecule has 0 radical (unpaired) electrons. The number of hydrogen-bond donors (Lipinski definition) is 1. The molecule has 0 saturated carbocycles. The van der Waals surface area contributed by atoms with Crippen molar-refractivity contribution in [3.05, 3.63) is 15.8 Å². The summed E-state index contributed by atoms with van der Waals surface area (Å²) in [5.74, 6) is -0.559. The van der Waals surface area contributed by atoms with Crippen LogP contribution >= 0.6 is 0 Å². The molecule has 0 aliphatic carbocycles. The van der Waals surface area contributed by atoms with E-state index in [9.17, 15) is 14.9 Å². The fourth-order valence-corrected chi connectivity index (χ4v) is 2.28. The number of carboxylic acid groups (broad SMARTS) is 1. The molecule has 8 nitrogen and oxygen atoms in total. The van der Waals surface area contributed by atoms with Crippen LogP contribution in [-0.2, 0) is 11.3 Å². The number of nitro groups is 1. The van der Waals surface area contributed by atoms with Crippen LogP contribution in [0.3, 0.4) is 0 Å². The molecule has 0 unspecified atom stereocenters. The van der Waals surface area contributed by atoms with Gasteiger partial charge in [-0.05, 0) is 19.3 Å². The molecule has 0 fully saturated rings. The lowest BCUT2D eigenvalue weighted by atomic mass is 10.2. The van der Waals surface area contributed by atoms with E-state index in [-0.39, 0.29) is 24.0 Å². The number of rotatable bonds is 8. The van der Waals surface area contributed by atoms with Crippen molar-refractivity contribution in [2.75, 3.05) is 18.0 Å². The van der Waals surface area contributed by atoms with E-state index in [0.717, 1.165) is 6.42 Å². The predicted octanol–water partition coefficient (Wildman–Crippen LogP) is 2.06. The Morgan fingerprint density at radius 3 is 2.57 bits per heavy atom. The van der Waals surface area contributed by atoms with Crippen LogP contribution in [0.4, 0.5) is 11.5 Å². The third-order valence-electron chi connectivity index (χ3n) is 2.90. The van der Waals surface area contributed by atoms with Crippen LogP contribution in [0.1, 0.15) is 32.9 Å². The van der Waals surface area contributed by atoms with Gasteiger partial charge in [-0.2, -0.15) is 5.10 Å². The van der Waals surface area contributed by atoms with Gasteiger partial charge in [0.1, 0.15) is 12.2 Å². The van der Waals surface area contributed by atoms with E-state index < -0.39 is 10.9 Å². The zero-order chi connectivity index (χ0) is 16.2. The largest absolute Gasteiger partial charge is 0.480 e. The Balaban J connectivity index is 3.37. The van der Waals surface area contributed by atoms with E-state index in [0.29, 0.717) is 18.8 Å². The molecule has 8 heteroatoms. The van der Waals surface area contributed by atoms with Gasteiger partial charge >= 0.3 is 11.7 Å². The molecular weight excluding hydrogens is 276 g/mol. The molecule has 1 aromatic rings. The molecule has 118 valence electrons. The summed E-state index contributed by atoms with van der Waals surface area (Å²) in [6.07, 6.45) is 0.758. The van der Waals surface area contributed by atoms with Gasteiger partial charge < -0.3 is 10.0 Å². The second-order valence-electron chi connectivity index (χ2n) is 5.41. The smallest absolute Gasteiger partial charge is 0.333 e. The number of carbonyl (C=O) groups is 1. The van der Waals surface area contributed by atoms with Gasteiger partial charge in [0.2, 0.25) is 5.82 Å². The summed E-state index contributed by atoms with van der Waals surface area (Å²) < 4.78 is 1.54. The second-order valence-corrected chi connectivity index (χ2v) is 5.41. The van der Waals surface area contributed by atoms with Gasteiger partial charge in [0.15, 0.2) is 0 Å². The van der Waals surface area contributed by atoms with Gasteiger partial charge in [-0.3, -0.25) is 14.9 Å². The zero-order valence-electron chi connectivity index (χ0n) is 12.9. The highest BCUT2D eigenvalue weighted by molar-refractivity contribution is 5.75. The number of hydrogen-bond acceptors (Lipinski definition) is 5. The van der Waals surface area contributed by atoms with E-state index in [2.05, 4.69) is 5.10 Å². The maximum absolute atomic E-state index is 11.3. The third-order valence-corrected chi connectivity index (χ3v) is 2.90. The minimum Gasteiger partial charge on any atom is -0.480 e. The zero-order valence-corrected chi connectivity index (χ0v) is 12.9. The minimum atomic E-state index is -1.02. The summed E-state index contributed by atoms with van der Waals surface area (Å²) in [6.45, 7) is 8.04. The molecule has 1 rings (SSSR count). The van der Waals surface area contributed by atoms with Crippen LogP contribution in [0.5, 0.6) is 0 Å². The van der Waals surface area contributed by atoms with Crippen molar-refractivity contribution in [1.29, 1.82) is 0 Å². The van der Waals surface area contributed by atoms with Gasteiger partial charge in [0.05, 0.1) is 4.92 Å². The average molecular weight is 298 g/mol. The molecular formula is C13H22N4O4. The lowest BCUT2D eigenvalue weighted by molar-refractivity contribution is -0.384. The van der Waals surface area contributed by atoms with Crippen LogP contribution in [0.2, 0.25) is 0 Å². The summed E-state index contributed by atoms with van der Waals surface area (Å²) in [5.41, 5.74) is 0.202. The molecule has 0 aliphatic rings. The number of aliphatic carboxylic acids is 1. The van der Waals surface area contributed by atoms with Crippen molar-refractivity contribution < 1.29 is 14.8 Å². The maximum Gasteiger partial charge on any atom is 0.333 e. The highest BCUT2D eigenvalue weighted by Gasteiger charge is 2.30. The van der Waals surface area contributed by atoms with Gasteiger partial charge in [-0.1, -0.05) is 20.8 Å². The molecule has 0 aliphatic heterocycles. The molecule has 0 amide bonds. The van der Waals surface area contributed by atoms with E-state index in [4.69, 9.17) is 5.11 Å². The fraction of sp³-hybridized carbons (Fsp3) is 0.692. The Hall–Kier alpha value is -2.12. The van der Waals surface area contributed by atoms with Crippen LogP contribution in [0, 0.1) is 23.0 Å². The first-order valence-corrected chi connectivity index (χ1v) is 6.96. The number of aryl methyl sites for hydroxylation is 2. The summed E-state index contributed by atoms with van der Waals surface area (Å²) in [7, 11) is 0. The van der Waals surface area contributed by atoms with Gasteiger partial charge in [-0.25, -0.2) is 4.68 Å². The highest BCUT2D eigenvalue weighted by Crippen LogP contribution is 2.32. The van der Waals surface area contributed by atoms with Crippen molar-refractivity contribution in [2.24, 2.45) is 5.92 Å². The van der Waals surface area contributed by atoms with Crippen molar-refractivity contribution in [3.63, 3.8) is 0 Å². The molecule has 1 N–H and O–H groups in total. The van der Waals surface area contributed by atoms with Crippen molar-refractivity contribution in [3.8, 4) is 0 Å². The van der Waals surface area contributed by atoms with Gasteiger partial charge in [-0.15, -0.1) is 0 Å². The summed E-state index contributed by atoms with van der Waals surface area (Å²) in [4.78, 5) is 23.4. The number of nitrogens with zero attached hydrogens (tertiary/aromatic N) is 4. The second kappa shape index (κ2) is 7.05. The van der Waals surface area contributed by atoms with E-state index in [1.54, 1.807) is 11.6 Å². The first-order valence-electron chi connectivity index (χ1n) is 6.96. The Bertz CT molecular complexity index is 524. The quantitative estimate of drug-likeness (QED) is 0.582. The molecule has 0 bridgehead atoms. The topological polar surface area (TPSA) is 101 Å². The van der Waals surface area contributed by atoms with Crippen LogP contribution in [0.25, 0.3) is 0 Å². The Kier molecular flexibility index (Phi) is 5.69. The summed E-state index contributed by atoms with van der Waals surface area (Å²) >= 11 is 0. The molecule has 1 aromatic heterocycles. The number of aromatic nitrogens is 2. The number of anilines is 1. The molecule has 1 heterocycles. The van der Waals surface area contributed by atoms with Crippen molar-refractivity contribution in [2.45, 2.75) is 40.7 Å². The maximum atomic E-state index is 11.3. The van der Waals surface area contributed by atoms with E-state index in [1.807, 2.05) is 20.8 Å². The first kappa shape index (κ1) is 16.9. The van der Waals surface area contributed by atoms with E-state index in [1.165, 1.54) is 4.90 Å². The molecule has 0 spiro atoms. The monoisotopic (exact) mass is 298 g/mol. The fourth-order valence-electron chi connectivity index (χ4n) is 2.28. The third kappa shape index (κ3) is 4.17. The van der Waals surface area contributed by atoms with Crippen molar-refractivity contribution >= 4 is 17.5 Å². The lowest BCUT2D eigenvalue weighted by Crippen LogP contribution is -2.35. The molecule has 0 saturated heterocycles. The predicted molar refractivity (Wildman–Crippen MR) is 78.6 cm³/mol. The summed E-state index contributed by atoms with van der Waals surface area (Å²) in [6, 6.07) is 0.